The normalized spacial score (nSPS) is 10.4. The van der Waals surface area contributed by atoms with E-state index in [4.69, 9.17) is 0 Å². The lowest BCUT2D eigenvalue weighted by molar-refractivity contribution is -0.386. The highest BCUT2D eigenvalue weighted by atomic mass is 19.3. The fourth-order valence-electron chi connectivity index (χ4n) is 1.60. The maximum atomic E-state index is 13.1. The Morgan fingerprint density at radius 3 is 2.65 bits per heavy atom. The molecule has 7 nitrogen and oxygen atoms in total. The molecule has 9 heteroatoms. The number of ether oxygens (including phenoxy) is 2. The highest BCUT2D eigenvalue weighted by Crippen LogP contribution is 2.38. The van der Waals surface area contributed by atoms with Gasteiger partial charge in [0.2, 0.25) is 5.75 Å². The number of pyridine rings is 1. The topological polar surface area (TPSA) is 91.6 Å². The molecule has 0 aliphatic carbocycles. The number of carbonyl (C=O) groups is 1. The number of halogens is 2. The summed E-state index contributed by atoms with van der Waals surface area (Å²) in [5.41, 5.74) is -1.76. The Kier molecular flexibility index (Phi) is 5.30. The Morgan fingerprint density at radius 1 is 1.55 bits per heavy atom. The first-order valence-corrected chi connectivity index (χ1v) is 5.56. The molecular weight excluding hydrogens is 278 g/mol. The first-order valence-electron chi connectivity index (χ1n) is 5.56. The van der Waals surface area contributed by atoms with E-state index in [9.17, 15) is 23.7 Å². The van der Waals surface area contributed by atoms with Crippen molar-refractivity contribution in [2.45, 2.75) is 19.8 Å². The quantitative estimate of drug-likeness (QED) is 0.452. The number of hydrogen-bond donors (Lipinski definition) is 0. The summed E-state index contributed by atoms with van der Waals surface area (Å²) in [5, 5.41) is 10.7. The van der Waals surface area contributed by atoms with Crippen molar-refractivity contribution in [1.29, 1.82) is 0 Å². The average molecular weight is 290 g/mol. The molecule has 20 heavy (non-hydrogen) atoms. The predicted molar refractivity (Wildman–Crippen MR) is 62.7 cm³/mol. The van der Waals surface area contributed by atoms with Gasteiger partial charge in [0.05, 0.1) is 36.3 Å². The van der Waals surface area contributed by atoms with Gasteiger partial charge < -0.3 is 9.47 Å². The van der Waals surface area contributed by atoms with Crippen molar-refractivity contribution in [2.75, 3.05) is 13.7 Å². The monoisotopic (exact) mass is 290 g/mol. The maximum Gasteiger partial charge on any atom is 0.329 e. The Hall–Kier alpha value is -2.32. The minimum absolute atomic E-state index is 0.0902. The van der Waals surface area contributed by atoms with Crippen LogP contribution >= 0.6 is 0 Å². The highest BCUT2D eigenvalue weighted by Gasteiger charge is 2.29. The van der Waals surface area contributed by atoms with Crippen molar-refractivity contribution >= 4 is 11.7 Å². The molecule has 1 heterocycles. The minimum atomic E-state index is -3.07. The maximum absolute atomic E-state index is 13.1. The summed E-state index contributed by atoms with van der Waals surface area (Å²) in [6.45, 7) is 1.66. The zero-order valence-corrected chi connectivity index (χ0v) is 10.8. The third-order valence-corrected chi connectivity index (χ3v) is 2.37. The molecule has 1 rings (SSSR count). The number of aromatic nitrogens is 1. The standard InChI is InChI=1S/C11H12F2N2O5/c1-3-20-8(16)4-6-9(11(12)13)10(19-2)7(5-14-6)15(17)18/h5,11H,3-4H2,1-2H3. The fraction of sp³-hybridized carbons (Fsp3) is 0.455. The van der Waals surface area contributed by atoms with Crippen LogP contribution in [-0.2, 0) is 16.0 Å². The number of esters is 1. The molecule has 110 valence electrons. The lowest BCUT2D eigenvalue weighted by Crippen LogP contribution is -2.12. The summed E-state index contributed by atoms with van der Waals surface area (Å²) in [6.07, 6.45) is -2.80. The van der Waals surface area contributed by atoms with Gasteiger partial charge in [-0.15, -0.1) is 0 Å². The average Bonchev–Trinajstić information content (AvgIpc) is 2.37. The zero-order chi connectivity index (χ0) is 15.3. The number of hydrogen-bond acceptors (Lipinski definition) is 6. The third-order valence-electron chi connectivity index (χ3n) is 2.37. The van der Waals surface area contributed by atoms with Gasteiger partial charge in [0.15, 0.2) is 0 Å². The molecular formula is C11H12F2N2O5. The number of nitro groups is 1. The van der Waals surface area contributed by atoms with Crippen LogP contribution in [0, 0.1) is 10.1 Å². The number of alkyl halides is 2. The number of carbonyl (C=O) groups excluding carboxylic acids is 1. The molecule has 0 aliphatic rings. The predicted octanol–water partition coefficient (Wildman–Crippen LogP) is 2.04. The van der Waals surface area contributed by atoms with Gasteiger partial charge in [-0.1, -0.05) is 0 Å². The number of methoxy groups -OCH3 is 1. The second-order valence-corrected chi connectivity index (χ2v) is 3.58. The van der Waals surface area contributed by atoms with Gasteiger partial charge in [-0.3, -0.25) is 19.9 Å². The van der Waals surface area contributed by atoms with Crippen LogP contribution in [0.25, 0.3) is 0 Å². The number of rotatable bonds is 6. The number of nitrogens with zero attached hydrogens (tertiary/aromatic N) is 2. The van der Waals surface area contributed by atoms with Crippen molar-refractivity contribution in [3.05, 3.63) is 27.6 Å². The summed E-state index contributed by atoms with van der Waals surface area (Å²) in [5.74, 6) is -1.35. The minimum Gasteiger partial charge on any atom is -0.490 e. The largest absolute Gasteiger partial charge is 0.490 e. The van der Waals surface area contributed by atoms with Gasteiger partial charge in [-0.25, -0.2) is 8.78 Å². The van der Waals surface area contributed by atoms with Gasteiger partial charge in [-0.2, -0.15) is 0 Å². The van der Waals surface area contributed by atoms with Crippen molar-refractivity contribution in [2.24, 2.45) is 0 Å². The van der Waals surface area contributed by atoms with Gasteiger partial charge in [0.1, 0.15) is 6.20 Å². The highest BCUT2D eigenvalue weighted by molar-refractivity contribution is 5.73. The van der Waals surface area contributed by atoms with Crippen LogP contribution in [0.5, 0.6) is 5.75 Å². The molecule has 0 N–H and O–H groups in total. The molecule has 1 aromatic heterocycles. The van der Waals surface area contributed by atoms with E-state index in [1.807, 2.05) is 0 Å². The van der Waals surface area contributed by atoms with Crippen molar-refractivity contribution < 1.29 is 28.0 Å². The first kappa shape index (κ1) is 15.7. The molecule has 0 amide bonds. The van der Waals surface area contributed by atoms with Gasteiger partial charge >= 0.3 is 11.7 Å². The molecule has 0 bridgehead atoms. The van der Waals surface area contributed by atoms with E-state index in [2.05, 4.69) is 14.5 Å². The van der Waals surface area contributed by atoms with Crippen LogP contribution in [0.4, 0.5) is 14.5 Å². The van der Waals surface area contributed by atoms with E-state index < -0.39 is 40.7 Å². The fourth-order valence-corrected chi connectivity index (χ4v) is 1.60. The lowest BCUT2D eigenvalue weighted by Gasteiger charge is -2.12. The second-order valence-electron chi connectivity index (χ2n) is 3.58. The Bertz CT molecular complexity index is 522. The van der Waals surface area contributed by atoms with Crippen LogP contribution in [-0.4, -0.2) is 29.6 Å². The van der Waals surface area contributed by atoms with E-state index >= 15 is 0 Å². The first-order chi connectivity index (χ1) is 9.42. The van der Waals surface area contributed by atoms with E-state index in [0.29, 0.717) is 0 Å². The SMILES string of the molecule is CCOC(=O)Cc1ncc([N+](=O)[O-])c(OC)c1C(F)F. The van der Waals surface area contributed by atoms with Gasteiger partial charge in [-0.05, 0) is 6.92 Å². The van der Waals surface area contributed by atoms with Crippen LogP contribution < -0.4 is 4.74 Å². The van der Waals surface area contributed by atoms with Crippen molar-refractivity contribution in [3.63, 3.8) is 0 Å². The van der Waals surface area contributed by atoms with Crippen LogP contribution in [0.2, 0.25) is 0 Å². The molecule has 0 spiro atoms. The smallest absolute Gasteiger partial charge is 0.329 e. The van der Waals surface area contributed by atoms with Crippen molar-refractivity contribution in [1.82, 2.24) is 4.98 Å². The van der Waals surface area contributed by atoms with Crippen LogP contribution in [0.1, 0.15) is 24.6 Å². The molecule has 0 radical (unpaired) electrons. The zero-order valence-electron chi connectivity index (χ0n) is 10.8. The second kappa shape index (κ2) is 6.73. The molecule has 0 aromatic carbocycles. The van der Waals surface area contributed by atoms with Gasteiger partial charge in [0, 0.05) is 0 Å². The van der Waals surface area contributed by atoms with Gasteiger partial charge in [0.25, 0.3) is 6.43 Å². The molecule has 0 atom stereocenters. The van der Waals surface area contributed by atoms with E-state index in [1.165, 1.54) is 0 Å². The molecule has 0 saturated carbocycles. The van der Waals surface area contributed by atoms with E-state index in [1.54, 1.807) is 6.92 Å². The Labute approximate surface area is 112 Å². The summed E-state index contributed by atoms with van der Waals surface area (Å²) < 4.78 is 35.4. The third kappa shape index (κ3) is 3.37. The molecule has 0 unspecified atom stereocenters. The van der Waals surface area contributed by atoms with E-state index in [0.717, 1.165) is 13.3 Å². The lowest BCUT2D eigenvalue weighted by atomic mass is 10.1. The van der Waals surface area contributed by atoms with Crippen LogP contribution in [0.15, 0.2) is 6.20 Å². The summed E-state index contributed by atoms with van der Waals surface area (Å²) in [7, 11) is 1.03. The van der Waals surface area contributed by atoms with Crippen LogP contribution in [0.3, 0.4) is 0 Å². The Morgan fingerprint density at radius 2 is 2.20 bits per heavy atom. The summed E-state index contributed by atoms with van der Waals surface area (Å²) in [4.78, 5) is 24.7. The molecule has 0 saturated heterocycles. The summed E-state index contributed by atoms with van der Waals surface area (Å²) >= 11 is 0. The van der Waals surface area contributed by atoms with E-state index in [-0.39, 0.29) is 12.3 Å². The van der Waals surface area contributed by atoms with Crippen molar-refractivity contribution in [3.8, 4) is 5.75 Å². The molecule has 1 aromatic rings. The molecule has 0 aliphatic heterocycles. The molecule has 0 fully saturated rings. The Balaban J connectivity index is 3.31. The summed E-state index contributed by atoms with van der Waals surface area (Å²) in [6, 6.07) is 0.